The Morgan fingerprint density at radius 3 is 2.26 bits per heavy atom. The molecule has 3 aromatic carbocycles. The first-order valence-corrected chi connectivity index (χ1v) is 11.8. The molecule has 5 nitrogen and oxygen atoms in total. The summed E-state index contributed by atoms with van der Waals surface area (Å²) in [5, 5.41) is 2.99. The van der Waals surface area contributed by atoms with Gasteiger partial charge in [-0.1, -0.05) is 79.2 Å². The largest absolute Gasteiger partial charge is 0.484 e. The second-order valence-electron chi connectivity index (χ2n) is 8.55. The Labute approximate surface area is 202 Å². The maximum Gasteiger partial charge on any atom is 0.261 e. The lowest BCUT2D eigenvalue weighted by molar-refractivity contribution is -0.142. The van der Waals surface area contributed by atoms with Gasteiger partial charge in [0.05, 0.1) is 0 Å². The van der Waals surface area contributed by atoms with Gasteiger partial charge in [-0.25, -0.2) is 0 Å². The molecular weight excluding hydrogens is 424 g/mol. The van der Waals surface area contributed by atoms with Crippen LogP contribution in [0.2, 0.25) is 0 Å². The fourth-order valence-corrected chi connectivity index (χ4v) is 3.75. The molecule has 0 radical (unpaired) electrons. The van der Waals surface area contributed by atoms with Gasteiger partial charge in [0, 0.05) is 19.5 Å². The van der Waals surface area contributed by atoms with Crippen LogP contribution in [0.3, 0.4) is 0 Å². The molecule has 34 heavy (non-hydrogen) atoms. The van der Waals surface area contributed by atoms with E-state index in [1.54, 1.807) is 4.90 Å². The van der Waals surface area contributed by atoms with Gasteiger partial charge in [0.1, 0.15) is 11.8 Å². The van der Waals surface area contributed by atoms with Gasteiger partial charge in [0.2, 0.25) is 5.91 Å². The summed E-state index contributed by atoms with van der Waals surface area (Å²) in [6, 6.07) is 24.7. The highest BCUT2D eigenvalue weighted by Gasteiger charge is 2.30. The zero-order valence-electron chi connectivity index (χ0n) is 20.3. The molecule has 0 fully saturated rings. The topological polar surface area (TPSA) is 58.6 Å². The zero-order valence-corrected chi connectivity index (χ0v) is 20.3. The Bertz CT molecular complexity index is 1060. The number of amides is 2. The number of hydrogen-bond donors (Lipinski definition) is 1. The van der Waals surface area contributed by atoms with Crippen LogP contribution in [0.25, 0.3) is 0 Å². The van der Waals surface area contributed by atoms with Crippen molar-refractivity contribution in [3.63, 3.8) is 0 Å². The van der Waals surface area contributed by atoms with Crippen LogP contribution in [0, 0.1) is 13.8 Å². The Hall–Kier alpha value is -3.60. The van der Waals surface area contributed by atoms with Crippen LogP contribution in [0.15, 0.2) is 78.9 Å². The van der Waals surface area contributed by atoms with Crippen LogP contribution in [0.5, 0.6) is 5.75 Å². The molecule has 0 aliphatic heterocycles. The molecule has 5 heteroatoms. The lowest BCUT2D eigenvalue weighted by atomic mass is 10.0. The first-order chi connectivity index (χ1) is 16.5. The number of aryl methyl sites for hydroxylation is 2. The predicted molar refractivity (Wildman–Crippen MR) is 136 cm³/mol. The second kappa shape index (κ2) is 12.6. The molecule has 1 atom stereocenters. The molecule has 0 aliphatic rings. The molecule has 178 valence electrons. The molecular formula is C29H34N2O3. The van der Waals surface area contributed by atoms with Crippen LogP contribution < -0.4 is 10.1 Å². The second-order valence-corrected chi connectivity index (χ2v) is 8.55. The number of rotatable bonds is 11. The Morgan fingerprint density at radius 2 is 1.59 bits per heavy atom. The first-order valence-electron chi connectivity index (χ1n) is 11.8. The molecule has 0 unspecified atom stereocenters. The monoisotopic (exact) mass is 458 g/mol. The van der Waals surface area contributed by atoms with E-state index in [2.05, 4.69) is 5.32 Å². The van der Waals surface area contributed by atoms with E-state index in [9.17, 15) is 9.59 Å². The Morgan fingerprint density at radius 1 is 0.912 bits per heavy atom. The third-order valence-electron chi connectivity index (χ3n) is 5.81. The molecule has 0 saturated carbocycles. The van der Waals surface area contributed by atoms with Gasteiger partial charge >= 0.3 is 0 Å². The Kier molecular flexibility index (Phi) is 9.27. The lowest BCUT2D eigenvalue weighted by Gasteiger charge is -2.32. The summed E-state index contributed by atoms with van der Waals surface area (Å²) in [4.78, 5) is 28.5. The quantitative estimate of drug-likeness (QED) is 0.447. The summed E-state index contributed by atoms with van der Waals surface area (Å²) < 4.78 is 5.81. The number of ether oxygens (including phenoxy) is 1. The van der Waals surface area contributed by atoms with Crippen molar-refractivity contribution in [1.29, 1.82) is 0 Å². The number of carbonyl (C=O) groups excluding carboxylic acids is 2. The van der Waals surface area contributed by atoms with Crippen LogP contribution in [0.4, 0.5) is 0 Å². The van der Waals surface area contributed by atoms with E-state index in [4.69, 9.17) is 4.74 Å². The standard InChI is InChI=1S/C29H34N2O3/c1-4-18-30-29(33)27(19-24-11-6-5-7-12-24)31(20-25-13-9-8-10-23(25)3)28(32)21-34-26-16-14-22(2)15-17-26/h5-17,27H,4,18-21H2,1-3H3,(H,30,33)/t27-/m1/s1. The average molecular weight is 459 g/mol. The van der Waals surface area contributed by atoms with Crippen LogP contribution in [-0.4, -0.2) is 35.9 Å². The van der Waals surface area contributed by atoms with E-state index in [0.29, 0.717) is 25.3 Å². The highest BCUT2D eigenvalue weighted by molar-refractivity contribution is 5.88. The molecule has 0 heterocycles. The smallest absolute Gasteiger partial charge is 0.261 e. The van der Waals surface area contributed by atoms with Crippen LogP contribution >= 0.6 is 0 Å². The summed E-state index contributed by atoms with van der Waals surface area (Å²) in [6.07, 6.45) is 1.25. The summed E-state index contributed by atoms with van der Waals surface area (Å²) in [5.74, 6) is 0.254. The average Bonchev–Trinajstić information content (AvgIpc) is 2.85. The summed E-state index contributed by atoms with van der Waals surface area (Å²) >= 11 is 0. The minimum absolute atomic E-state index is 0.138. The van der Waals surface area contributed by atoms with Crippen molar-refractivity contribution in [2.75, 3.05) is 13.2 Å². The molecule has 2 amide bonds. The lowest BCUT2D eigenvalue weighted by Crippen LogP contribution is -2.51. The SMILES string of the molecule is CCCNC(=O)[C@@H](Cc1ccccc1)N(Cc1ccccc1C)C(=O)COc1ccc(C)cc1. The molecule has 3 aromatic rings. The van der Waals surface area contributed by atoms with E-state index >= 15 is 0 Å². The van der Waals surface area contributed by atoms with Gasteiger partial charge in [-0.2, -0.15) is 0 Å². The Balaban J connectivity index is 1.89. The maximum atomic E-state index is 13.5. The van der Waals surface area contributed by atoms with Gasteiger partial charge in [0.15, 0.2) is 6.61 Å². The first kappa shape index (κ1) is 25.0. The van der Waals surface area contributed by atoms with Gasteiger partial charge in [-0.05, 0) is 49.1 Å². The predicted octanol–water partition coefficient (Wildman–Crippen LogP) is 4.85. The minimum Gasteiger partial charge on any atom is -0.484 e. The highest BCUT2D eigenvalue weighted by Crippen LogP contribution is 2.18. The zero-order chi connectivity index (χ0) is 24.3. The molecule has 0 saturated heterocycles. The maximum absolute atomic E-state index is 13.5. The third kappa shape index (κ3) is 7.20. The molecule has 0 aliphatic carbocycles. The fourth-order valence-electron chi connectivity index (χ4n) is 3.75. The van der Waals surface area contributed by atoms with E-state index in [1.807, 2.05) is 99.6 Å². The van der Waals surface area contributed by atoms with E-state index < -0.39 is 6.04 Å². The van der Waals surface area contributed by atoms with Gasteiger partial charge in [-0.15, -0.1) is 0 Å². The highest BCUT2D eigenvalue weighted by atomic mass is 16.5. The minimum atomic E-state index is -0.650. The number of carbonyl (C=O) groups is 2. The van der Waals surface area contributed by atoms with Gasteiger partial charge < -0.3 is 15.0 Å². The van der Waals surface area contributed by atoms with E-state index in [1.165, 1.54) is 0 Å². The van der Waals surface area contributed by atoms with Crippen molar-refractivity contribution in [2.24, 2.45) is 0 Å². The molecule has 3 rings (SSSR count). The van der Waals surface area contributed by atoms with Gasteiger partial charge in [-0.3, -0.25) is 9.59 Å². The van der Waals surface area contributed by atoms with E-state index in [-0.39, 0.29) is 18.4 Å². The van der Waals surface area contributed by atoms with E-state index in [0.717, 1.165) is 28.7 Å². The summed E-state index contributed by atoms with van der Waals surface area (Å²) in [5.41, 5.74) is 4.20. The fraction of sp³-hybridized carbons (Fsp3) is 0.310. The number of nitrogens with zero attached hydrogens (tertiary/aromatic N) is 1. The number of benzene rings is 3. The summed E-state index contributed by atoms with van der Waals surface area (Å²) in [6.45, 7) is 6.79. The van der Waals surface area contributed by atoms with Crippen molar-refractivity contribution >= 4 is 11.8 Å². The number of hydrogen-bond acceptors (Lipinski definition) is 3. The summed E-state index contributed by atoms with van der Waals surface area (Å²) in [7, 11) is 0. The molecule has 0 bridgehead atoms. The third-order valence-corrected chi connectivity index (χ3v) is 5.81. The van der Waals surface area contributed by atoms with Crippen molar-refractivity contribution in [3.8, 4) is 5.75 Å². The normalized spacial score (nSPS) is 11.5. The number of nitrogens with one attached hydrogen (secondary N) is 1. The van der Waals surface area contributed by atoms with Crippen molar-refractivity contribution < 1.29 is 14.3 Å². The molecule has 0 aromatic heterocycles. The van der Waals surface area contributed by atoms with Crippen molar-refractivity contribution in [3.05, 3.63) is 101 Å². The van der Waals surface area contributed by atoms with Crippen LogP contribution in [-0.2, 0) is 22.6 Å². The van der Waals surface area contributed by atoms with Crippen molar-refractivity contribution in [2.45, 2.75) is 46.2 Å². The van der Waals surface area contributed by atoms with Crippen LogP contribution in [0.1, 0.15) is 35.6 Å². The molecule has 0 spiro atoms. The molecule has 1 N–H and O–H groups in total. The van der Waals surface area contributed by atoms with Gasteiger partial charge in [0.25, 0.3) is 5.91 Å². The van der Waals surface area contributed by atoms with Crippen molar-refractivity contribution in [1.82, 2.24) is 10.2 Å².